The van der Waals surface area contributed by atoms with E-state index < -0.39 is 0 Å². The third-order valence-corrected chi connectivity index (χ3v) is 6.79. The van der Waals surface area contributed by atoms with Crippen LogP contribution in [-0.4, -0.2) is 24.7 Å². The number of ketones is 2. The SMILES string of the molecule is Cc1cc(C)c(C(=O)c2ccccc2)c(CCNCCc2cc(C)cc(C)c2C(=O)c2ccccc2)c1. The Morgan fingerprint density at radius 1 is 0.568 bits per heavy atom. The van der Waals surface area contributed by atoms with Gasteiger partial charge in [0.05, 0.1) is 0 Å². The number of hydrogen-bond acceptors (Lipinski definition) is 3. The van der Waals surface area contributed by atoms with Crippen LogP contribution in [0.3, 0.4) is 0 Å². The van der Waals surface area contributed by atoms with Gasteiger partial charge in [0.1, 0.15) is 0 Å². The minimum atomic E-state index is 0.0763. The molecule has 0 heterocycles. The molecule has 0 fully saturated rings. The summed E-state index contributed by atoms with van der Waals surface area (Å²) in [6.45, 7) is 9.70. The topological polar surface area (TPSA) is 46.2 Å². The van der Waals surface area contributed by atoms with Crippen molar-refractivity contribution in [3.05, 3.63) is 141 Å². The third-order valence-electron chi connectivity index (χ3n) is 6.79. The number of hydrogen-bond donors (Lipinski definition) is 1. The molecule has 4 aromatic rings. The van der Waals surface area contributed by atoms with Gasteiger partial charge in [-0.1, -0.05) is 96.1 Å². The molecule has 3 heteroatoms. The zero-order chi connectivity index (χ0) is 26.4. The fourth-order valence-electron chi connectivity index (χ4n) is 5.19. The molecule has 37 heavy (non-hydrogen) atoms. The Bertz CT molecular complexity index is 1300. The number of carbonyl (C=O) groups is 2. The van der Waals surface area contributed by atoms with E-state index in [0.717, 1.165) is 70.4 Å². The smallest absolute Gasteiger partial charge is 0.193 e. The zero-order valence-corrected chi connectivity index (χ0v) is 22.2. The number of carbonyl (C=O) groups excluding carboxylic acids is 2. The van der Waals surface area contributed by atoms with Gasteiger partial charge >= 0.3 is 0 Å². The predicted molar refractivity (Wildman–Crippen MR) is 152 cm³/mol. The molecule has 0 radical (unpaired) electrons. The lowest BCUT2D eigenvalue weighted by Crippen LogP contribution is -2.22. The van der Waals surface area contributed by atoms with Gasteiger partial charge in [-0.05, 0) is 75.9 Å². The summed E-state index contributed by atoms with van der Waals surface area (Å²) in [5.74, 6) is 0.153. The zero-order valence-electron chi connectivity index (χ0n) is 22.2. The van der Waals surface area contributed by atoms with Gasteiger partial charge in [-0.2, -0.15) is 0 Å². The molecular formula is C34H35NO2. The highest BCUT2D eigenvalue weighted by Gasteiger charge is 2.18. The van der Waals surface area contributed by atoms with E-state index in [-0.39, 0.29) is 11.6 Å². The third kappa shape index (κ3) is 6.31. The van der Waals surface area contributed by atoms with Crippen LogP contribution in [0, 0.1) is 27.7 Å². The van der Waals surface area contributed by atoms with E-state index in [1.165, 1.54) is 0 Å². The van der Waals surface area contributed by atoms with Crippen LogP contribution in [0.1, 0.15) is 65.2 Å². The second-order valence-electron chi connectivity index (χ2n) is 9.87. The Labute approximate surface area is 220 Å². The second kappa shape index (κ2) is 11.9. The van der Waals surface area contributed by atoms with Crippen molar-refractivity contribution in [1.82, 2.24) is 5.32 Å². The molecule has 0 bridgehead atoms. The molecule has 4 aromatic carbocycles. The van der Waals surface area contributed by atoms with E-state index in [4.69, 9.17) is 0 Å². The number of aryl methyl sites for hydroxylation is 4. The molecule has 3 nitrogen and oxygen atoms in total. The van der Waals surface area contributed by atoms with Crippen LogP contribution in [0.5, 0.6) is 0 Å². The molecule has 0 unspecified atom stereocenters. The van der Waals surface area contributed by atoms with E-state index in [9.17, 15) is 9.59 Å². The average molecular weight is 490 g/mol. The number of nitrogens with one attached hydrogen (secondary N) is 1. The van der Waals surface area contributed by atoms with E-state index in [2.05, 4.69) is 43.4 Å². The van der Waals surface area contributed by atoms with E-state index in [1.54, 1.807) is 0 Å². The van der Waals surface area contributed by atoms with Gasteiger partial charge in [0.2, 0.25) is 0 Å². The van der Waals surface area contributed by atoms with Crippen LogP contribution in [0.2, 0.25) is 0 Å². The Balaban J connectivity index is 1.45. The van der Waals surface area contributed by atoms with E-state index in [1.807, 2.05) is 74.5 Å². The van der Waals surface area contributed by atoms with Gasteiger partial charge in [-0.15, -0.1) is 0 Å². The van der Waals surface area contributed by atoms with Crippen molar-refractivity contribution < 1.29 is 9.59 Å². The lowest BCUT2D eigenvalue weighted by molar-refractivity contribution is 0.102. The molecule has 0 saturated heterocycles. The van der Waals surface area contributed by atoms with Gasteiger partial charge in [-0.3, -0.25) is 9.59 Å². The largest absolute Gasteiger partial charge is 0.316 e. The van der Waals surface area contributed by atoms with Crippen molar-refractivity contribution in [2.45, 2.75) is 40.5 Å². The van der Waals surface area contributed by atoms with Crippen molar-refractivity contribution in [2.75, 3.05) is 13.1 Å². The molecular weight excluding hydrogens is 454 g/mol. The summed E-state index contributed by atoms with van der Waals surface area (Å²) >= 11 is 0. The first-order chi connectivity index (χ1) is 17.8. The Morgan fingerprint density at radius 3 is 1.32 bits per heavy atom. The van der Waals surface area contributed by atoms with E-state index in [0.29, 0.717) is 11.1 Å². The van der Waals surface area contributed by atoms with Crippen LogP contribution < -0.4 is 5.32 Å². The fraction of sp³-hybridized carbons (Fsp3) is 0.235. The monoisotopic (exact) mass is 489 g/mol. The first-order valence-corrected chi connectivity index (χ1v) is 13.0. The highest BCUT2D eigenvalue weighted by atomic mass is 16.1. The first-order valence-electron chi connectivity index (χ1n) is 13.0. The van der Waals surface area contributed by atoms with Crippen molar-refractivity contribution in [3.63, 3.8) is 0 Å². The molecule has 4 rings (SSSR count). The minimum absolute atomic E-state index is 0.0763. The summed E-state index contributed by atoms with van der Waals surface area (Å²) in [6.07, 6.45) is 1.53. The van der Waals surface area contributed by atoms with Gasteiger partial charge in [0.25, 0.3) is 0 Å². The normalized spacial score (nSPS) is 10.9. The molecule has 0 amide bonds. The van der Waals surface area contributed by atoms with Gasteiger partial charge in [-0.25, -0.2) is 0 Å². The highest BCUT2D eigenvalue weighted by Crippen LogP contribution is 2.23. The van der Waals surface area contributed by atoms with Crippen molar-refractivity contribution in [1.29, 1.82) is 0 Å². The maximum absolute atomic E-state index is 13.3. The minimum Gasteiger partial charge on any atom is -0.316 e. The van der Waals surface area contributed by atoms with Crippen molar-refractivity contribution >= 4 is 11.6 Å². The Kier molecular flexibility index (Phi) is 8.47. The Hall–Kier alpha value is -3.82. The van der Waals surface area contributed by atoms with Crippen LogP contribution in [0.25, 0.3) is 0 Å². The lowest BCUT2D eigenvalue weighted by atomic mass is 9.90. The molecule has 0 aliphatic carbocycles. The summed E-state index contributed by atoms with van der Waals surface area (Å²) in [5, 5.41) is 3.55. The summed E-state index contributed by atoms with van der Waals surface area (Å²) < 4.78 is 0. The molecule has 0 spiro atoms. The standard InChI is InChI=1S/C34H35NO2/c1-23-19-25(3)31(33(36)27-11-7-5-8-12-27)29(21-23)15-17-35-18-16-30-22-24(2)20-26(4)32(30)34(37)28-13-9-6-10-14-28/h5-14,19-22,35H,15-18H2,1-4H3. The lowest BCUT2D eigenvalue weighted by Gasteiger charge is -2.15. The van der Waals surface area contributed by atoms with Crippen molar-refractivity contribution in [2.24, 2.45) is 0 Å². The molecule has 0 saturated carbocycles. The van der Waals surface area contributed by atoms with Crippen molar-refractivity contribution in [3.8, 4) is 0 Å². The molecule has 188 valence electrons. The summed E-state index contributed by atoms with van der Waals surface area (Å²) in [7, 11) is 0. The average Bonchev–Trinajstić information content (AvgIpc) is 2.88. The highest BCUT2D eigenvalue weighted by molar-refractivity contribution is 6.11. The van der Waals surface area contributed by atoms with Gasteiger partial charge < -0.3 is 5.32 Å². The van der Waals surface area contributed by atoms with E-state index >= 15 is 0 Å². The van der Waals surface area contributed by atoms with Crippen LogP contribution >= 0.6 is 0 Å². The van der Waals surface area contributed by atoms with Crippen LogP contribution in [0.4, 0.5) is 0 Å². The first kappa shape index (κ1) is 26.2. The number of benzene rings is 4. The molecule has 0 aromatic heterocycles. The summed E-state index contributed by atoms with van der Waals surface area (Å²) in [5.41, 5.74) is 9.56. The van der Waals surface area contributed by atoms with Gasteiger partial charge in [0, 0.05) is 22.3 Å². The molecule has 1 N–H and O–H groups in total. The van der Waals surface area contributed by atoms with Crippen LogP contribution in [-0.2, 0) is 12.8 Å². The summed E-state index contributed by atoms with van der Waals surface area (Å²) in [4.78, 5) is 26.6. The molecule has 0 atom stereocenters. The Morgan fingerprint density at radius 2 is 0.946 bits per heavy atom. The van der Waals surface area contributed by atoms with Crippen LogP contribution in [0.15, 0.2) is 84.9 Å². The fourth-order valence-corrected chi connectivity index (χ4v) is 5.19. The van der Waals surface area contributed by atoms with Gasteiger partial charge in [0.15, 0.2) is 11.6 Å². The summed E-state index contributed by atoms with van der Waals surface area (Å²) in [6, 6.07) is 27.4. The molecule has 0 aliphatic heterocycles. The molecule has 0 aliphatic rings. The number of rotatable bonds is 10. The maximum Gasteiger partial charge on any atom is 0.193 e. The second-order valence-corrected chi connectivity index (χ2v) is 9.87. The maximum atomic E-state index is 13.3. The predicted octanol–water partition coefficient (Wildman–Crippen LogP) is 6.76. The quantitative estimate of drug-likeness (QED) is 0.198.